The Labute approximate surface area is 210 Å². The van der Waals surface area contributed by atoms with Crippen molar-refractivity contribution in [3.63, 3.8) is 0 Å². The predicted molar refractivity (Wildman–Crippen MR) is 134 cm³/mol. The van der Waals surface area contributed by atoms with Crippen LogP contribution in [-0.4, -0.2) is 64.7 Å². The molecule has 1 aliphatic rings. The lowest BCUT2D eigenvalue weighted by atomic mass is 9.99. The van der Waals surface area contributed by atoms with Gasteiger partial charge in [-0.15, -0.1) is 0 Å². The fraction of sp³-hybridized carbons (Fsp3) is 0.357. The number of hydrogen-bond donors (Lipinski definition) is 1. The van der Waals surface area contributed by atoms with Crippen molar-refractivity contribution in [2.75, 3.05) is 26.7 Å². The highest BCUT2D eigenvalue weighted by Gasteiger charge is 2.34. The largest absolute Gasteiger partial charge is 0.472 e. The molecule has 0 fully saturated rings. The van der Waals surface area contributed by atoms with E-state index in [9.17, 15) is 18.7 Å². The maximum atomic E-state index is 13.8. The van der Waals surface area contributed by atoms with Crippen LogP contribution in [0.3, 0.4) is 0 Å². The Morgan fingerprint density at radius 2 is 1.86 bits per heavy atom. The number of carbonyl (C=O) groups is 1. The molecule has 8 heteroatoms. The molecule has 1 N–H and O–H groups in total. The Morgan fingerprint density at radius 3 is 2.56 bits per heavy atom. The minimum atomic E-state index is -0.408. The molecule has 0 spiro atoms. The van der Waals surface area contributed by atoms with E-state index in [2.05, 4.69) is 4.98 Å². The van der Waals surface area contributed by atoms with Crippen LogP contribution < -0.4 is 4.74 Å². The second kappa shape index (κ2) is 11.1. The van der Waals surface area contributed by atoms with Gasteiger partial charge in [0.15, 0.2) is 0 Å². The number of aliphatic hydroxyl groups excluding tert-OH is 1. The molecule has 6 nitrogen and oxygen atoms in total. The molecule has 2 aromatic carbocycles. The van der Waals surface area contributed by atoms with Crippen LogP contribution in [-0.2, 0) is 6.54 Å². The van der Waals surface area contributed by atoms with Crippen molar-refractivity contribution in [2.24, 2.45) is 5.92 Å². The first kappa shape index (κ1) is 25.7. The molecular weight excluding hydrogens is 464 g/mol. The van der Waals surface area contributed by atoms with Gasteiger partial charge in [-0.1, -0.05) is 31.2 Å². The summed E-state index contributed by atoms with van der Waals surface area (Å²) in [6.45, 7) is 5.02. The summed E-state index contributed by atoms with van der Waals surface area (Å²) in [5.74, 6) is -0.833. The number of aromatic nitrogens is 1. The van der Waals surface area contributed by atoms with E-state index >= 15 is 0 Å². The number of amides is 1. The molecule has 1 aromatic heterocycles. The van der Waals surface area contributed by atoms with Gasteiger partial charge in [0.25, 0.3) is 5.91 Å². The third-order valence-corrected chi connectivity index (χ3v) is 6.51. The van der Waals surface area contributed by atoms with Gasteiger partial charge in [0.05, 0.1) is 12.6 Å². The molecule has 190 valence electrons. The second-order valence-electron chi connectivity index (χ2n) is 9.54. The third-order valence-electron chi connectivity index (χ3n) is 6.51. The first-order chi connectivity index (χ1) is 17.2. The standard InChI is InChI=1S/C28H31F2N3O3/c1-18-14-33(19(2)17-34)28(35)25-12-22(21-7-5-9-24(30)11-21)13-31-27(25)36-26(18)16-32(3)15-20-6-4-8-23(29)10-20/h4-13,18-19,26,34H,14-17H2,1-3H3/t18-,19-,26-/m0/s1. The summed E-state index contributed by atoms with van der Waals surface area (Å²) in [6.07, 6.45) is 1.25. The number of rotatable bonds is 7. The number of aliphatic hydroxyl groups is 1. The molecule has 3 aromatic rings. The van der Waals surface area contributed by atoms with Crippen molar-refractivity contribution < 1.29 is 23.4 Å². The lowest BCUT2D eigenvalue weighted by Gasteiger charge is -2.37. The SMILES string of the molecule is C[C@H]1CN([C@@H](C)CO)C(=O)c2cc(-c3cccc(F)c3)cnc2O[C@H]1CN(C)Cc1cccc(F)c1. The summed E-state index contributed by atoms with van der Waals surface area (Å²) in [7, 11) is 1.93. The molecule has 1 amide bonds. The average Bonchev–Trinajstić information content (AvgIpc) is 2.85. The maximum absolute atomic E-state index is 13.8. The van der Waals surface area contributed by atoms with E-state index in [1.807, 2.05) is 24.9 Å². The molecule has 1 aliphatic heterocycles. The Kier molecular flexibility index (Phi) is 7.96. The van der Waals surface area contributed by atoms with Crippen LogP contribution in [0, 0.1) is 17.6 Å². The third kappa shape index (κ3) is 5.88. The Morgan fingerprint density at radius 1 is 1.14 bits per heavy atom. The van der Waals surface area contributed by atoms with E-state index < -0.39 is 6.04 Å². The summed E-state index contributed by atoms with van der Waals surface area (Å²) < 4.78 is 33.8. The van der Waals surface area contributed by atoms with Crippen LogP contribution in [0.15, 0.2) is 60.8 Å². The van der Waals surface area contributed by atoms with Crippen molar-refractivity contribution in [1.82, 2.24) is 14.8 Å². The maximum Gasteiger partial charge on any atom is 0.259 e. The first-order valence-corrected chi connectivity index (χ1v) is 12.0. The fourth-order valence-electron chi connectivity index (χ4n) is 4.46. The number of hydrogen-bond acceptors (Lipinski definition) is 5. The number of pyridine rings is 1. The highest BCUT2D eigenvalue weighted by Crippen LogP contribution is 2.30. The van der Waals surface area contributed by atoms with Gasteiger partial charge < -0.3 is 14.7 Å². The number of fused-ring (bicyclic) bond motifs is 1. The van der Waals surface area contributed by atoms with Crippen molar-refractivity contribution in [2.45, 2.75) is 32.5 Å². The topological polar surface area (TPSA) is 65.9 Å². The number of benzene rings is 2. The van der Waals surface area contributed by atoms with Gasteiger partial charge in [0.1, 0.15) is 23.3 Å². The monoisotopic (exact) mass is 495 g/mol. The highest BCUT2D eigenvalue weighted by molar-refractivity contribution is 5.98. The zero-order valence-corrected chi connectivity index (χ0v) is 20.7. The molecule has 3 atom stereocenters. The number of halogens is 2. The van der Waals surface area contributed by atoms with Gasteiger partial charge >= 0.3 is 0 Å². The normalized spacial score (nSPS) is 18.9. The molecule has 0 saturated heterocycles. The number of ether oxygens (including phenoxy) is 1. The summed E-state index contributed by atoms with van der Waals surface area (Å²) >= 11 is 0. The van der Waals surface area contributed by atoms with E-state index in [1.165, 1.54) is 24.3 Å². The van der Waals surface area contributed by atoms with Gasteiger partial charge in [0.2, 0.25) is 5.88 Å². The van der Waals surface area contributed by atoms with Gasteiger partial charge in [-0.2, -0.15) is 0 Å². The summed E-state index contributed by atoms with van der Waals surface area (Å²) in [5, 5.41) is 9.84. The van der Waals surface area contributed by atoms with Crippen LogP contribution in [0.25, 0.3) is 11.1 Å². The van der Waals surface area contributed by atoms with Crippen LogP contribution >= 0.6 is 0 Å². The molecule has 0 saturated carbocycles. The first-order valence-electron chi connectivity index (χ1n) is 12.0. The summed E-state index contributed by atoms with van der Waals surface area (Å²) in [6, 6.07) is 13.8. The van der Waals surface area contributed by atoms with E-state index in [-0.39, 0.29) is 47.6 Å². The summed E-state index contributed by atoms with van der Waals surface area (Å²) in [5.41, 5.74) is 2.30. The van der Waals surface area contributed by atoms with Gasteiger partial charge in [-0.25, -0.2) is 13.8 Å². The number of carbonyl (C=O) groups excluding carboxylic acids is 1. The minimum absolute atomic E-state index is 0.0734. The molecule has 0 radical (unpaired) electrons. The minimum Gasteiger partial charge on any atom is -0.472 e. The van der Waals surface area contributed by atoms with Crippen LogP contribution in [0.1, 0.15) is 29.8 Å². The van der Waals surface area contributed by atoms with Crippen molar-refractivity contribution in [3.05, 3.63) is 83.6 Å². The fourth-order valence-corrected chi connectivity index (χ4v) is 4.46. The van der Waals surface area contributed by atoms with Crippen LogP contribution in [0.5, 0.6) is 5.88 Å². The number of likely N-dealkylation sites (N-methyl/N-ethyl adjacent to an activating group) is 1. The Hall–Kier alpha value is -3.36. The van der Waals surface area contributed by atoms with Crippen LogP contribution in [0.2, 0.25) is 0 Å². The van der Waals surface area contributed by atoms with Gasteiger partial charge in [-0.3, -0.25) is 9.69 Å². The lowest BCUT2D eigenvalue weighted by Crippen LogP contribution is -2.49. The smallest absolute Gasteiger partial charge is 0.259 e. The predicted octanol–water partition coefficient (Wildman–Crippen LogP) is 4.38. The quantitative estimate of drug-likeness (QED) is 0.527. The van der Waals surface area contributed by atoms with E-state index in [0.29, 0.717) is 30.8 Å². The van der Waals surface area contributed by atoms with E-state index in [4.69, 9.17) is 4.74 Å². The Balaban J connectivity index is 1.65. The molecule has 0 unspecified atom stereocenters. The molecular formula is C28H31F2N3O3. The molecule has 0 bridgehead atoms. The molecule has 0 aliphatic carbocycles. The molecule has 2 heterocycles. The van der Waals surface area contributed by atoms with Gasteiger partial charge in [0, 0.05) is 37.3 Å². The second-order valence-corrected chi connectivity index (χ2v) is 9.54. The van der Waals surface area contributed by atoms with Crippen molar-refractivity contribution in [1.29, 1.82) is 0 Å². The molecule has 36 heavy (non-hydrogen) atoms. The zero-order valence-electron chi connectivity index (χ0n) is 20.7. The Bertz CT molecular complexity index is 1220. The van der Waals surface area contributed by atoms with Crippen LogP contribution in [0.4, 0.5) is 8.78 Å². The zero-order chi connectivity index (χ0) is 25.8. The average molecular weight is 496 g/mol. The van der Waals surface area contributed by atoms with Crippen molar-refractivity contribution >= 4 is 5.91 Å². The lowest BCUT2D eigenvalue weighted by molar-refractivity contribution is 0.0325. The molecule has 4 rings (SSSR count). The highest BCUT2D eigenvalue weighted by atomic mass is 19.1. The van der Waals surface area contributed by atoms with E-state index in [1.54, 1.807) is 42.3 Å². The summed E-state index contributed by atoms with van der Waals surface area (Å²) in [4.78, 5) is 21.7. The number of nitrogens with zero attached hydrogens (tertiary/aromatic N) is 3. The van der Waals surface area contributed by atoms with E-state index in [0.717, 1.165) is 5.56 Å². The van der Waals surface area contributed by atoms with Crippen molar-refractivity contribution in [3.8, 4) is 17.0 Å². The van der Waals surface area contributed by atoms with Gasteiger partial charge in [-0.05, 0) is 55.4 Å².